The number of carbonyl (C=O) groups is 2. The van der Waals surface area contributed by atoms with Crippen molar-refractivity contribution in [2.24, 2.45) is 0 Å². The highest BCUT2D eigenvalue weighted by Crippen LogP contribution is 2.12. The first-order chi connectivity index (χ1) is 11.5. The standard InChI is InChI=1S/C18H35NO5/c1-2-3-4-5-6-7-8-9-10-11-15(21)14-17(22)19-16(12-13-20)18(23)24/h15-16,20-21H,2-14H2,1H3,(H,19,22)(H,23,24). The maximum atomic E-state index is 11.7. The molecule has 0 rings (SSSR count). The van der Waals surface area contributed by atoms with Gasteiger partial charge in [0.05, 0.1) is 12.5 Å². The largest absolute Gasteiger partial charge is 0.480 e. The van der Waals surface area contributed by atoms with Gasteiger partial charge < -0.3 is 20.6 Å². The van der Waals surface area contributed by atoms with Crippen LogP contribution in [-0.4, -0.2) is 45.9 Å². The second-order valence-electron chi connectivity index (χ2n) is 6.45. The maximum Gasteiger partial charge on any atom is 0.326 e. The third kappa shape index (κ3) is 13.3. The van der Waals surface area contributed by atoms with Gasteiger partial charge in [0, 0.05) is 13.0 Å². The van der Waals surface area contributed by atoms with Crippen molar-refractivity contribution >= 4 is 11.9 Å². The molecule has 2 unspecified atom stereocenters. The molecule has 0 fully saturated rings. The Bertz CT molecular complexity index is 335. The second kappa shape index (κ2) is 15.4. The van der Waals surface area contributed by atoms with Crippen LogP contribution in [0.25, 0.3) is 0 Å². The van der Waals surface area contributed by atoms with E-state index in [0.29, 0.717) is 6.42 Å². The van der Waals surface area contributed by atoms with Gasteiger partial charge in [-0.3, -0.25) is 4.79 Å². The Labute approximate surface area is 145 Å². The van der Waals surface area contributed by atoms with Crippen LogP contribution in [0.4, 0.5) is 0 Å². The van der Waals surface area contributed by atoms with E-state index in [9.17, 15) is 14.7 Å². The number of carboxylic acids is 1. The van der Waals surface area contributed by atoms with E-state index in [0.717, 1.165) is 19.3 Å². The average molecular weight is 345 g/mol. The van der Waals surface area contributed by atoms with Gasteiger partial charge in [0.15, 0.2) is 0 Å². The summed E-state index contributed by atoms with van der Waals surface area (Å²) in [6, 6.07) is -1.09. The highest BCUT2D eigenvalue weighted by molar-refractivity contribution is 5.83. The zero-order valence-corrected chi connectivity index (χ0v) is 15.0. The predicted molar refractivity (Wildman–Crippen MR) is 93.7 cm³/mol. The lowest BCUT2D eigenvalue weighted by Crippen LogP contribution is -2.42. The Morgan fingerprint density at radius 3 is 1.96 bits per heavy atom. The number of aliphatic hydroxyl groups is 2. The number of aliphatic carboxylic acids is 1. The quantitative estimate of drug-likeness (QED) is 0.322. The number of hydrogen-bond donors (Lipinski definition) is 4. The normalized spacial score (nSPS) is 13.5. The van der Waals surface area contributed by atoms with Gasteiger partial charge in [0.2, 0.25) is 5.91 Å². The van der Waals surface area contributed by atoms with E-state index in [1.807, 2.05) is 0 Å². The van der Waals surface area contributed by atoms with Gasteiger partial charge in [-0.15, -0.1) is 0 Å². The van der Waals surface area contributed by atoms with Crippen LogP contribution in [0.1, 0.15) is 84.0 Å². The first-order valence-electron chi connectivity index (χ1n) is 9.32. The Morgan fingerprint density at radius 1 is 0.917 bits per heavy atom. The first-order valence-corrected chi connectivity index (χ1v) is 9.32. The van der Waals surface area contributed by atoms with E-state index in [1.54, 1.807) is 0 Å². The zero-order valence-electron chi connectivity index (χ0n) is 15.0. The third-order valence-corrected chi connectivity index (χ3v) is 4.11. The van der Waals surface area contributed by atoms with Crippen molar-refractivity contribution in [1.29, 1.82) is 0 Å². The van der Waals surface area contributed by atoms with Crippen molar-refractivity contribution in [2.45, 2.75) is 96.1 Å². The van der Waals surface area contributed by atoms with Crippen LogP contribution in [0.5, 0.6) is 0 Å². The van der Waals surface area contributed by atoms with Gasteiger partial charge in [0.25, 0.3) is 0 Å². The molecule has 0 aliphatic carbocycles. The molecule has 0 aliphatic heterocycles. The fourth-order valence-corrected chi connectivity index (χ4v) is 2.65. The van der Waals surface area contributed by atoms with Gasteiger partial charge in [-0.05, 0) is 6.42 Å². The molecule has 0 saturated heterocycles. The van der Waals surface area contributed by atoms with Crippen molar-refractivity contribution in [3.8, 4) is 0 Å². The van der Waals surface area contributed by atoms with Crippen LogP contribution >= 0.6 is 0 Å². The van der Waals surface area contributed by atoms with Gasteiger partial charge >= 0.3 is 5.97 Å². The molecule has 0 aromatic rings. The van der Waals surface area contributed by atoms with E-state index in [-0.39, 0.29) is 19.4 Å². The number of aliphatic hydroxyl groups excluding tert-OH is 2. The van der Waals surface area contributed by atoms with E-state index < -0.39 is 24.0 Å². The molecule has 1 amide bonds. The minimum atomic E-state index is -1.18. The molecule has 0 aliphatic rings. The Morgan fingerprint density at radius 2 is 1.46 bits per heavy atom. The summed E-state index contributed by atoms with van der Waals surface area (Å²) >= 11 is 0. The SMILES string of the molecule is CCCCCCCCCCCC(O)CC(=O)NC(CCO)C(=O)O. The summed E-state index contributed by atoms with van der Waals surface area (Å²) < 4.78 is 0. The van der Waals surface area contributed by atoms with Crippen LogP contribution in [-0.2, 0) is 9.59 Å². The van der Waals surface area contributed by atoms with Crippen molar-refractivity contribution in [3.05, 3.63) is 0 Å². The van der Waals surface area contributed by atoms with Gasteiger partial charge in [-0.25, -0.2) is 4.79 Å². The molecule has 4 N–H and O–H groups in total. The lowest BCUT2D eigenvalue weighted by Gasteiger charge is -2.15. The predicted octanol–water partition coefficient (Wildman–Crippen LogP) is 2.61. The van der Waals surface area contributed by atoms with Crippen LogP contribution < -0.4 is 5.32 Å². The number of carboxylic acid groups (broad SMARTS) is 1. The summed E-state index contributed by atoms with van der Waals surface area (Å²) in [5.74, 6) is -1.66. The van der Waals surface area contributed by atoms with Crippen molar-refractivity contribution in [1.82, 2.24) is 5.32 Å². The fraction of sp³-hybridized carbons (Fsp3) is 0.889. The maximum absolute atomic E-state index is 11.7. The highest BCUT2D eigenvalue weighted by atomic mass is 16.4. The fourth-order valence-electron chi connectivity index (χ4n) is 2.65. The lowest BCUT2D eigenvalue weighted by molar-refractivity contribution is -0.142. The van der Waals surface area contributed by atoms with E-state index in [2.05, 4.69) is 12.2 Å². The number of rotatable bonds is 16. The summed E-state index contributed by atoms with van der Waals surface area (Å²) in [5, 5.41) is 29.8. The molecule has 24 heavy (non-hydrogen) atoms. The Kier molecular flexibility index (Phi) is 14.7. The molecule has 0 saturated carbocycles. The average Bonchev–Trinajstić information content (AvgIpc) is 2.52. The molecular weight excluding hydrogens is 310 g/mol. The third-order valence-electron chi connectivity index (χ3n) is 4.11. The van der Waals surface area contributed by atoms with Gasteiger partial charge in [-0.1, -0.05) is 64.7 Å². The Balaban J connectivity index is 3.65. The highest BCUT2D eigenvalue weighted by Gasteiger charge is 2.20. The lowest BCUT2D eigenvalue weighted by atomic mass is 10.0. The van der Waals surface area contributed by atoms with E-state index in [4.69, 9.17) is 10.2 Å². The monoisotopic (exact) mass is 345 g/mol. The van der Waals surface area contributed by atoms with Gasteiger partial charge in [-0.2, -0.15) is 0 Å². The molecule has 0 aromatic heterocycles. The minimum Gasteiger partial charge on any atom is -0.480 e. The Hall–Kier alpha value is -1.14. The summed E-state index contributed by atoms with van der Waals surface area (Å²) in [5.41, 5.74) is 0. The molecule has 0 spiro atoms. The molecule has 142 valence electrons. The van der Waals surface area contributed by atoms with Crippen LogP contribution in [0.3, 0.4) is 0 Å². The van der Waals surface area contributed by atoms with E-state index in [1.165, 1.54) is 38.5 Å². The number of carbonyl (C=O) groups excluding carboxylic acids is 1. The van der Waals surface area contributed by atoms with Crippen molar-refractivity contribution in [3.63, 3.8) is 0 Å². The summed E-state index contributed by atoms with van der Waals surface area (Å²) in [6.45, 7) is 1.90. The topological polar surface area (TPSA) is 107 Å². The van der Waals surface area contributed by atoms with Crippen molar-refractivity contribution in [2.75, 3.05) is 6.61 Å². The number of hydrogen-bond acceptors (Lipinski definition) is 4. The van der Waals surface area contributed by atoms with Gasteiger partial charge in [0.1, 0.15) is 6.04 Å². The minimum absolute atomic E-state index is 0.0323. The molecule has 0 radical (unpaired) electrons. The summed E-state index contributed by atoms with van der Waals surface area (Å²) in [6.07, 6.45) is 10.5. The molecule has 6 heteroatoms. The van der Waals surface area contributed by atoms with Crippen LogP contribution in [0, 0.1) is 0 Å². The summed E-state index contributed by atoms with van der Waals surface area (Å²) in [7, 11) is 0. The number of unbranched alkanes of at least 4 members (excludes halogenated alkanes) is 8. The zero-order chi connectivity index (χ0) is 18.2. The number of nitrogens with one attached hydrogen (secondary N) is 1. The van der Waals surface area contributed by atoms with Crippen LogP contribution in [0.2, 0.25) is 0 Å². The van der Waals surface area contributed by atoms with Crippen LogP contribution in [0.15, 0.2) is 0 Å². The molecule has 0 bridgehead atoms. The molecule has 0 heterocycles. The second-order valence-corrected chi connectivity index (χ2v) is 6.45. The molecule has 0 aromatic carbocycles. The molecule has 2 atom stereocenters. The van der Waals surface area contributed by atoms with E-state index >= 15 is 0 Å². The summed E-state index contributed by atoms with van der Waals surface area (Å²) in [4.78, 5) is 22.6. The first kappa shape index (κ1) is 22.9. The molecule has 6 nitrogen and oxygen atoms in total. The molecular formula is C18H35NO5. The smallest absolute Gasteiger partial charge is 0.326 e. The number of amides is 1. The van der Waals surface area contributed by atoms with Crippen molar-refractivity contribution < 1.29 is 24.9 Å².